The second-order valence-corrected chi connectivity index (χ2v) is 5.84. The average Bonchev–Trinajstić information content (AvgIpc) is 3.17. The first kappa shape index (κ1) is 13.8. The molecule has 0 bridgehead atoms. The summed E-state index contributed by atoms with van der Waals surface area (Å²) in [6.07, 6.45) is 2.64. The highest BCUT2D eigenvalue weighted by Crippen LogP contribution is 2.24. The third-order valence-corrected chi connectivity index (χ3v) is 4.14. The SMILES string of the molecule is CC1(C(=O)NCc2ccc(-c3ccn[nH]3)cc2)CCNC1. The van der Waals surface area contributed by atoms with Crippen LogP contribution in [0.15, 0.2) is 36.5 Å². The maximum atomic E-state index is 12.2. The molecule has 1 fully saturated rings. The minimum Gasteiger partial charge on any atom is -0.352 e. The van der Waals surface area contributed by atoms with E-state index in [4.69, 9.17) is 0 Å². The van der Waals surface area contributed by atoms with Crippen molar-refractivity contribution >= 4 is 5.91 Å². The summed E-state index contributed by atoms with van der Waals surface area (Å²) in [4.78, 5) is 12.2. The van der Waals surface area contributed by atoms with E-state index in [0.717, 1.165) is 36.3 Å². The molecule has 21 heavy (non-hydrogen) atoms. The number of H-pyrrole nitrogens is 1. The first-order chi connectivity index (χ1) is 10.2. The molecular formula is C16H20N4O. The molecule has 1 aromatic heterocycles. The first-order valence-electron chi connectivity index (χ1n) is 7.25. The van der Waals surface area contributed by atoms with Gasteiger partial charge in [0, 0.05) is 19.3 Å². The van der Waals surface area contributed by atoms with E-state index >= 15 is 0 Å². The zero-order valence-corrected chi connectivity index (χ0v) is 12.1. The normalized spacial score (nSPS) is 21.4. The molecule has 3 N–H and O–H groups in total. The van der Waals surface area contributed by atoms with Crippen LogP contribution in [0, 0.1) is 5.41 Å². The molecule has 2 heterocycles. The Balaban J connectivity index is 1.60. The van der Waals surface area contributed by atoms with Gasteiger partial charge in [0.25, 0.3) is 0 Å². The summed E-state index contributed by atoms with van der Waals surface area (Å²) in [6, 6.07) is 10.1. The highest BCUT2D eigenvalue weighted by Gasteiger charge is 2.35. The molecule has 1 aliphatic heterocycles. The Morgan fingerprint density at radius 2 is 2.14 bits per heavy atom. The second-order valence-electron chi connectivity index (χ2n) is 5.84. The molecule has 1 aromatic carbocycles. The van der Waals surface area contributed by atoms with Gasteiger partial charge in [0.2, 0.25) is 5.91 Å². The highest BCUT2D eigenvalue weighted by molar-refractivity contribution is 5.82. The van der Waals surface area contributed by atoms with Crippen LogP contribution in [0.5, 0.6) is 0 Å². The fourth-order valence-electron chi connectivity index (χ4n) is 2.63. The Morgan fingerprint density at radius 3 is 2.76 bits per heavy atom. The topological polar surface area (TPSA) is 69.8 Å². The number of hydrogen-bond acceptors (Lipinski definition) is 3. The van der Waals surface area contributed by atoms with Crippen LogP contribution < -0.4 is 10.6 Å². The van der Waals surface area contributed by atoms with Gasteiger partial charge in [-0.15, -0.1) is 0 Å². The van der Waals surface area contributed by atoms with Crippen LogP contribution in [0.25, 0.3) is 11.3 Å². The summed E-state index contributed by atoms with van der Waals surface area (Å²) in [7, 11) is 0. The molecule has 3 rings (SSSR count). The largest absolute Gasteiger partial charge is 0.352 e. The van der Waals surface area contributed by atoms with Gasteiger partial charge in [-0.1, -0.05) is 24.3 Å². The van der Waals surface area contributed by atoms with E-state index in [-0.39, 0.29) is 11.3 Å². The zero-order chi connectivity index (χ0) is 14.7. The Morgan fingerprint density at radius 1 is 1.33 bits per heavy atom. The molecule has 5 nitrogen and oxygen atoms in total. The van der Waals surface area contributed by atoms with Gasteiger partial charge in [-0.05, 0) is 37.1 Å². The third-order valence-electron chi connectivity index (χ3n) is 4.14. The van der Waals surface area contributed by atoms with Crippen LogP contribution in [-0.4, -0.2) is 29.2 Å². The first-order valence-corrected chi connectivity index (χ1v) is 7.25. The van der Waals surface area contributed by atoms with Crippen molar-refractivity contribution < 1.29 is 4.79 Å². The molecular weight excluding hydrogens is 264 g/mol. The Hall–Kier alpha value is -2.14. The van der Waals surface area contributed by atoms with E-state index in [9.17, 15) is 4.79 Å². The second kappa shape index (κ2) is 5.69. The van der Waals surface area contributed by atoms with Crippen molar-refractivity contribution in [2.75, 3.05) is 13.1 Å². The average molecular weight is 284 g/mol. The number of aromatic nitrogens is 2. The number of amides is 1. The summed E-state index contributed by atoms with van der Waals surface area (Å²) in [5, 5.41) is 13.2. The van der Waals surface area contributed by atoms with Crippen LogP contribution in [0.2, 0.25) is 0 Å². The van der Waals surface area contributed by atoms with Crippen molar-refractivity contribution in [3.05, 3.63) is 42.1 Å². The number of hydrogen-bond donors (Lipinski definition) is 3. The fraction of sp³-hybridized carbons (Fsp3) is 0.375. The monoisotopic (exact) mass is 284 g/mol. The quantitative estimate of drug-likeness (QED) is 0.800. The number of carbonyl (C=O) groups excluding carboxylic acids is 1. The molecule has 1 amide bonds. The number of aromatic amines is 1. The molecule has 1 unspecified atom stereocenters. The molecule has 5 heteroatoms. The van der Waals surface area contributed by atoms with Gasteiger partial charge in [0.1, 0.15) is 0 Å². The Labute approximate surface area is 124 Å². The van der Waals surface area contributed by atoms with E-state index < -0.39 is 0 Å². The predicted octanol–water partition coefficient (Wildman–Crippen LogP) is 1.69. The van der Waals surface area contributed by atoms with Crippen molar-refractivity contribution in [3.63, 3.8) is 0 Å². The van der Waals surface area contributed by atoms with Crippen molar-refractivity contribution in [1.29, 1.82) is 0 Å². The molecule has 0 radical (unpaired) electrons. The number of benzene rings is 1. The molecule has 1 aliphatic rings. The molecule has 1 saturated heterocycles. The standard InChI is InChI=1S/C16H20N4O/c1-16(7-9-17-11-16)15(21)18-10-12-2-4-13(5-3-12)14-6-8-19-20-14/h2-6,8,17H,7,9-11H2,1H3,(H,18,21)(H,19,20). The summed E-state index contributed by atoms with van der Waals surface area (Å²) < 4.78 is 0. The van der Waals surface area contributed by atoms with Crippen molar-refractivity contribution in [2.24, 2.45) is 5.41 Å². The van der Waals surface area contributed by atoms with Gasteiger partial charge in [-0.2, -0.15) is 5.10 Å². The van der Waals surface area contributed by atoms with Gasteiger partial charge >= 0.3 is 0 Å². The summed E-state index contributed by atoms with van der Waals surface area (Å²) in [6.45, 7) is 4.27. The summed E-state index contributed by atoms with van der Waals surface area (Å²) in [5.74, 6) is 0.130. The Kier molecular flexibility index (Phi) is 3.75. The summed E-state index contributed by atoms with van der Waals surface area (Å²) >= 11 is 0. The van der Waals surface area contributed by atoms with Crippen LogP contribution in [0.3, 0.4) is 0 Å². The maximum absolute atomic E-state index is 12.2. The van der Waals surface area contributed by atoms with Gasteiger partial charge in [-0.3, -0.25) is 9.89 Å². The minimum atomic E-state index is -0.268. The lowest BCUT2D eigenvalue weighted by atomic mass is 9.89. The molecule has 0 saturated carbocycles. The molecule has 2 aromatic rings. The van der Waals surface area contributed by atoms with Crippen molar-refractivity contribution in [1.82, 2.24) is 20.8 Å². The molecule has 0 spiro atoms. The van der Waals surface area contributed by atoms with Crippen molar-refractivity contribution in [3.8, 4) is 11.3 Å². The molecule has 1 atom stereocenters. The van der Waals surface area contributed by atoms with E-state index in [1.807, 2.05) is 37.3 Å². The predicted molar refractivity (Wildman–Crippen MR) is 81.5 cm³/mol. The van der Waals surface area contributed by atoms with E-state index in [1.54, 1.807) is 6.20 Å². The van der Waals surface area contributed by atoms with E-state index in [1.165, 1.54) is 0 Å². The van der Waals surface area contributed by atoms with Crippen LogP contribution in [-0.2, 0) is 11.3 Å². The maximum Gasteiger partial charge on any atom is 0.227 e. The van der Waals surface area contributed by atoms with Gasteiger partial charge < -0.3 is 10.6 Å². The zero-order valence-electron chi connectivity index (χ0n) is 12.1. The lowest BCUT2D eigenvalue weighted by Gasteiger charge is -2.21. The minimum absolute atomic E-state index is 0.130. The smallest absolute Gasteiger partial charge is 0.227 e. The van der Waals surface area contributed by atoms with Gasteiger partial charge in [-0.25, -0.2) is 0 Å². The number of nitrogens with one attached hydrogen (secondary N) is 3. The van der Waals surface area contributed by atoms with Crippen LogP contribution >= 0.6 is 0 Å². The highest BCUT2D eigenvalue weighted by atomic mass is 16.2. The number of nitrogens with zero attached hydrogens (tertiary/aromatic N) is 1. The lowest BCUT2D eigenvalue weighted by molar-refractivity contribution is -0.129. The Bertz CT molecular complexity index is 598. The van der Waals surface area contributed by atoms with E-state index in [2.05, 4.69) is 20.8 Å². The fourth-order valence-corrected chi connectivity index (χ4v) is 2.63. The third kappa shape index (κ3) is 2.97. The van der Waals surface area contributed by atoms with Crippen molar-refractivity contribution in [2.45, 2.75) is 19.9 Å². The van der Waals surface area contributed by atoms with E-state index in [0.29, 0.717) is 6.54 Å². The van der Waals surface area contributed by atoms with Crippen LogP contribution in [0.1, 0.15) is 18.9 Å². The number of carbonyl (C=O) groups is 1. The molecule has 0 aliphatic carbocycles. The molecule has 110 valence electrons. The van der Waals surface area contributed by atoms with Gasteiger partial charge in [0.05, 0.1) is 11.1 Å². The lowest BCUT2D eigenvalue weighted by Crippen LogP contribution is -2.39. The summed E-state index contributed by atoms with van der Waals surface area (Å²) in [5.41, 5.74) is 2.92. The number of rotatable bonds is 4. The van der Waals surface area contributed by atoms with Crippen LogP contribution in [0.4, 0.5) is 0 Å². The van der Waals surface area contributed by atoms with Gasteiger partial charge in [0.15, 0.2) is 0 Å².